The molecule has 2 amide bonds. The molecule has 0 unspecified atom stereocenters. The standard InChI is InChI=1S/C19H18N6O3/c1-28-11-17(26)24-16-8-7-13(10-21-16)15-9-14(12-5-3-2-4-6-12)22-18(23-15)19(27)25-20/h2-10H,11,20H2,1H3,(H,25,27)(H,21,24,26). The number of nitrogen functional groups attached to an aromatic ring is 1. The normalized spacial score (nSPS) is 10.4. The number of pyridine rings is 1. The van der Waals surface area contributed by atoms with E-state index in [1.54, 1.807) is 24.4 Å². The highest BCUT2D eigenvalue weighted by Gasteiger charge is 2.14. The molecule has 0 aliphatic carbocycles. The number of methoxy groups -OCH3 is 1. The van der Waals surface area contributed by atoms with Gasteiger partial charge in [-0.15, -0.1) is 0 Å². The Hall–Kier alpha value is -3.69. The van der Waals surface area contributed by atoms with Crippen molar-refractivity contribution in [3.05, 3.63) is 60.6 Å². The number of ether oxygens (including phenoxy) is 1. The molecule has 3 aromatic rings. The van der Waals surface area contributed by atoms with Crippen LogP contribution in [-0.2, 0) is 9.53 Å². The number of amides is 2. The van der Waals surface area contributed by atoms with E-state index in [0.717, 1.165) is 5.56 Å². The molecule has 1 aromatic carbocycles. The van der Waals surface area contributed by atoms with E-state index in [2.05, 4.69) is 20.3 Å². The molecule has 9 nitrogen and oxygen atoms in total. The van der Waals surface area contributed by atoms with Gasteiger partial charge in [0.2, 0.25) is 5.82 Å². The van der Waals surface area contributed by atoms with Crippen LogP contribution >= 0.6 is 0 Å². The van der Waals surface area contributed by atoms with E-state index in [-0.39, 0.29) is 18.3 Å². The Morgan fingerprint density at radius 3 is 2.36 bits per heavy atom. The van der Waals surface area contributed by atoms with Crippen molar-refractivity contribution in [3.63, 3.8) is 0 Å². The second-order valence-electron chi connectivity index (χ2n) is 5.71. The molecule has 0 saturated heterocycles. The molecule has 3 rings (SSSR count). The maximum atomic E-state index is 12.0. The first-order chi connectivity index (χ1) is 13.6. The van der Waals surface area contributed by atoms with Crippen LogP contribution < -0.4 is 16.6 Å². The van der Waals surface area contributed by atoms with Gasteiger partial charge in [0.15, 0.2) is 0 Å². The molecule has 2 heterocycles. The van der Waals surface area contributed by atoms with Crippen molar-refractivity contribution in [1.82, 2.24) is 20.4 Å². The molecule has 0 aliphatic rings. The van der Waals surface area contributed by atoms with Crippen LogP contribution in [0.15, 0.2) is 54.7 Å². The van der Waals surface area contributed by atoms with Crippen LogP contribution in [-0.4, -0.2) is 40.5 Å². The minimum absolute atomic E-state index is 0.0590. The predicted octanol–water partition coefficient (Wildman–Crippen LogP) is 1.39. The van der Waals surface area contributed by atoms with E-state index < -0.39 is 5.91 Å². The van der Waals surface area contributed by atoms with E-state index >= 15 is 0 Å². The maximum Gasteiger partial charge on any atom is 0.302 e. The Morgan fingerprint density at radius 1 is 1.04 bits per heavy atom. The van der Waals surface area contributed by atoms with Gasteiger partial charge in [0.05, 0.1) is 11.4 Å². The summed E-state index contributed by atoms with van der Waals surface area (Å²) in [5.74, 6) is 4.64. The maximum absolute atomic E-state index is 12.0. The van der Waals surface area contributed by atoms with Gasteiger partial charge in [-0.05, 0) is 18.2 Å². The Bertz CT molecular complexity index is 977. The van der Waals surface area contributed by atoms with Crippen LogP contribution in [0.1, 0.15) is 10.6 Å². The van der Waals surface area contributed by atoms with Crippen LogP contribution in [0.3, 0.4) is 0 Å². The number of hydrazine groups is 1. The van der Waals surface area contributed by atoms with Gasteiger partial charge in [-0.1, -0.05) is 30.3 Å². The largest absolute Gasteiger partial charge is 0.375 e. The first-order valence-electron chi connectivity index (χ1n) is 8.31. The summed E-state index contributed by atoms with van der Waals surface area (Å²) in [6.45, 7) is -0.0622. The first kappa shape index (κ1) is 19.1. The number of carbonyl (C=O) groups is 2. The highest BCUT2D eigenvalue weighted by molar-refractivity contribution is 5.92. The van der Waals surface area contributed by atoms with Crippen LogP contribution in [0.25, 0.3) is 22.5 Å². The number of nitrogens with one attached hydrogen (secondary N) is 2. The molecule has 2 aromatic heterocycles. The molecule has 0 fully saturated rings. The molecule has 0 saturated carbocycles. The zero-order valence-corrected chi connectivity index (χ0v) is 15.0. The Kier molecular flexibility index (Phi) is 6.00. The minimum Gasteiger partial charge on any atom is -0.375 e. The predicted molar refractivity (Wildman–Crippen MR) is 103 cm³/mol. The molecule has 0 atom stereocenters. The minimum atomic E-state index is -0.601. The number of hydrogen-bond donors (Lipinski definition) is 3. The lowest BCUT2D eigenvalue weighted by Gasteiger charge is -2.09. The third-order valence-corrected chi connectivity index (χ3v) is 3.73. The third-order valence-electron chi connectivity index (χ3n) is 3.73. The molecule has 0 radical (unpaired) electrons. The summed E-state index contributed by atoms with van der Waals surface area (Å²) in [4.78, 5) is 36.3. The second-order valence-corrected chi connectivity index (χ2v) is 5.71. The monoisotopic (exact) mass is 378 g/mol. The zero-order chi connectivity index (χ0) is 19.9. The first-order valence-corrected chi connectivity index (χ1v) is 8.31. The van der Waals surface area contributed by atoms with Gasteiger partial charge in [-0.25, -0.2) is 20.8 Å². The molecule has 0 aliphatic heterocycles. The van der Waals surface area contributed by atoms with E-state index in [4.69, 9.17) is 10.6 Å². The van der Waals surface area contributed by atoms with Crippen LogP contribution in [0.4, 0.5) is 5.82 Å². The van der Waals surface area contributed by atoms with Gasteiger partial charge < -0.3 is 10.1 Å². The molecular weight excluding hydrogens is 360 g/mol. The van der Waals surface area contributed by atoms with Crippen LogP contribution in [0.5, 0.6) is 0 Å². The molecule has 142 valence electrons. The number of rotatable bonds is 6. The van der Waals surface area contributed by atoms with Crippen molar-refractivity contribution >= 4 is 17.6 Å². The van der Waals surface area contributed by atoms with Crippen molar-refractivity contribution in [1.29, 1.82) is 0 Å². The fourth-order valence-electron chi connectivity index (χ4n) is 2.45. The van der Waals surface area contributed by atoms with Crippen molar-refractivity contribution < 1.29 is 14.3 Å². The number of aromatic nitrogens is 3. The summed E-state index contributed by atoms with van der Waals surface area (Å²) in [6, 6.07) is 14.5. The van der Waals surface area contributed by atoms with E-state index in [1.165, 1.54) is 7.11 Å². The smallest absolute Gasteiger partial charge is 0.302 e. The number of hydrogen-bond acceptors (Lipinski definition) is 7. The molecule has 0 spiro atoms. The summed E-state index contributed by atoms with van der Waals surface area (Å²) < 4.78 is 4.77. The SMILES string of the molecule is COCC(=O)Nc1ccc(-c2cc(-c3ccccc3)nc(C(=O)NN)n2)cn1. The number of nitrogens with two attached hydrogens (primary N) is 1. The van der Waals surface area contributed by atoms with Crippen molar-refractivity contribution in [2.45, 2.75) is 0 Å². The van der Waals surface area contributed by atoms with Gasteiger partial charge in [0, 0.05) is 24.4 Å². The van der Waals surface area contributed by atoms with Crippen LogP contribution in [0.2, 0.25) is 0 Å². The average molecular weight is 378 g/mol. The van der Waals surface area contributed by atoms with Gasteiger partial charge in [0.1, 0.15) is 12.4 Å². The van der Waals surface area contributed by atoms with Crippen molar-refractivity contribution in [2.75, 3.05) is 19.0 Å². The highest BCUT2D eigenvalue weighted by atomic mass is 16.5. The lowest BCUT2D eigenvalue weighted by molar-refractivity contribution is -0.119. The summed E-state index contributed by atoms with van der Waals surface area (Å²) in [5.41, 5.74) is 4.58. The quantitative estimate of drug-likeness (QED) is 0.335. The summed E-state index contributed by atoms with van der Waals surface area (Å²) in [7, 11) is 1.44. The lowest BCUT2D eigenvalue weighted by atomic mass is 10.1. The molecule has 28 heavy (non-hydrogen) atoms. The van der Waals surface area contributed by atoms with Gasteiger partial charge in [0.25, 0.3) is 5.91 Å². The van der Waals surface area contributed by atoms with Crippen LogP contribution in [0, 0.1) is 0 Å². The summed E-state index contributed by atoms with van der Waals surface area (Å²) in [6.07, 6.45) is 1.55. The second kappa shape index (κ2) is 8.80. The summed E-state index contributed by atoms with van der Waals surface area (Å²) >= 11 is 0. The fourth-order valence-corrected chi connectivity index (χ4v) is 2.45. The van der Waals surface area contributed by atoms with E-state index in [9.17, 15) is 9.59 Å². The van der Waals surface area contributed by atoms with Gasteiger partial charge in [-0.2, -0.15) is 0 Å². The van der Waals surface area contributed by atoms with Gasteiger partial charge >= 0.3 is 5.91 Å². The molecule has 0 bridgehead atoms. The van der Waals surface area contributed by atoms with Crippen molar-refractivity contribution in [3.8, 4) is 22.5 Å². The summed E-state index contributed by atoms with van der Waals surface area (Å²) in [5, 5.41) is 2.61. The number of carbonyl (C=O) groups excluding carboxylic acids is 2. The van der Waals surface area contributed by atoms with Crippen molar-refractivity contribution in [2.24, 2.45) is 5.84 Å². The third kappa shape index (κ3) is 4.53. The fraction of sp³-hybridized carbons (Fsp3) is 0.105. The number of nitrogens with zero attached hydrogens (tertiary/aromatic N) is 3. The molecule has 4 N–H and O–H groups in total. The Labute approximate surface area is 161 Å². The molecule has 9 heteroatoms. The molecular formula is C19H18N6O3. The average Bonchev–Trinajstić information content (AvgIpc) is 2.74. The Morgan fingerprint density at radius 2 is 1.75 bits per heavy atom. The topological polar surface area (TPSA) is 132 Å². The van der Waals surface area contributed by atoms with Gasteiger partial charge in [-0.3, -0.25) is 15.0 Å². The zero-order valence-electron chi connectivity index (χ0n) is 15.0. The highest BCUT2D eigenvalue weighted by Crippen LogP contribution is 2.24. The number of anilines is 1. The van der Waals surface area contributed by atoms with E-state index in [1.807, 2.05) is 35.8 Å². The Balaban J connectivity index is 1.96. The number of benzene rings is 1. The van der Waals surface area contributed by atoms with E-state index in [0.29, 0.717) is 22.8 Å². The lowest BCUT2D eigenvalue weighted by Crippen LogP contribution is -2.31.